The molecule has 0 bridgehead atoms. The number of carbonyl (C=O) groups is 2. The summed E-state index contributed by atoms with van der Waals surface area (Å²) in [4.78, 5) is 27.7. The van der Waals surface area contributed by atoms with Crippen LogP contribution in [0.3, 0.4) is 0 Å². The van der Waals surface area contributed by atoms with Crippen LogP contribution in [0.5, 0.6) is 0 Å². The molecule has 2 rings (SSSR count). The molecule has 7 nitrogen and oxygen atoms in total. The number of hydrogen-bond acceptors (Lipinski definition) is 3. The van der Waals surface area contributed by atoms with E-state index in [4.69, 9.17) is 0 Å². The number of nitrogens with zero attached hydrogens (tertiary/aromatic N) is 2. The number of amides is 3. The number of urea groups is 1. The Hall–Kier alpha value is -2.90. The monoisotopic (exact) mass is 347 g/mol. The highest BCUT2D eigenvalue weighted by molar-refractivity contribution is 5.93. The van der Waals surface area contributed by atoms with Crippen molar-refractivity contribution < 1.29 is 14.0 Å². The molecule has 1 aromatic carbocycles. The second-order valence-corrected chi connectivity index (χ2v) is 5.62. The molecular weight excluding hydrogens is 325 g/mol. The summed E-state index contributed by atoms with van der Waals surface area (Å²) in [7, 11) is 0. The molecule has 8 heteroatoms. The fraction of sp³-hybridized carbons (Fsp3) is 0.353. The van der Waals surface area contributed by atoms with E-state index in [1.165, 1.54) is 6.07 Å². The molecule has 3 N–H and O–H groups in total. The zero-order valence-electron chi connectivity index (χ0n) is 14.5. The minimum atomic E-state index is -0.690. The maximum atomic E-state index is 14.3. The third-order valence-electron chi connectivity index (χ3n) is 3.58. The highest BCUT2D eigenvalue weighted by atomic mass is 19.1. The first-order chi connectivity index (χ1) is 11.9. The smallest absolute Gasteiger partial charge is 0.319 e. The quantitative estimate of drug-likeness (QED) is 0.749. The molecule has 0 aliphatic heterocycles. The van der Waals surface area contributed by atoms with Gasteiger partial charge in [-0.05, 0) is 38.5 Å². The summed E-state index contributed by atoms with van der Waals surface area (Å²) in [6.45, 7) is 5.83. The minimum Gasteiger partial charge on any atom is -0.354 e. The molecule has 0 unspecified atom stereocenters. The van der Waals surface area contributed by atoms with E-state index >= 15 is 0 Å². The lowest BCUT2D eigenvalue weighted by atomic mass is 10.2. The van der Waals surface area contributed by atoms with Crippen molar-refractivity contribution in [2.45, 2.75) is 33.2 Å². The molecule has 3 amide bonds. The molecule has 134 valence electrons. The van der Waals surface area contributed by atoms with Gasteiger partial charge in [0.15, 0.2) is 0 Å². The summed E-state index contributed by atoms with van der Waals surface area (Å²) < 4.78 is 15.9. The van der Waals surface area contributed by atoms with Gasteiger partial charge in [-0.3, -0.25) is 4.79 Å². The van der Waals surface area contributed by atoms with Crippen molar-refractivity contribution in [3.63, 3.8) is 0 Å². The van der Waals surface area contributed by atoms with Crippen molar-refractivity contribution in [2.75, 3.05) is 11.9 Å². The van der Waals surface area contributed by atoms with Crippen LogP contribution in [-0.2, 0) is 4.79 Å². The Morgan fingerprint density at radius 3 is 2.72 bits per heavy atom. The fourth-order valence-electron chi connectivity index (χ4n) is 2.24. The summed E-state index contributed by atoms with van der Waals surface area (Å²) in [6, 6.07) is 3.08. The molecule has 0 spiro atoms. The van der Waals surface area contributed by atoms with Crippen LogP contribution in [0.25, 0.3) is 5.69 Å². The first-order valence-electron chi connectivity index (χ1n) is 8.07. The van der Waals surface area contributed by atoms with Gasteiger partial charge in [0.25, 0.3) is 0 Å². The number of aryl methyl sites for hydroxylation is 1. The number of carbonyl (C=O) groups excluding carboxylic acids is 2. The number of benzene rings is 1. The molecule has 1 aromatic heterocycles. The lowest BCUT2D eigenvalue weighted by Gasteiger charge is -2.15. The van der Waals surface area contributed by atoms with Gasteiger partial charge in [0.1, 0.15) is 17.7 Å². The fourth-order valence-corrected chi connectivity index (χ4v) is 2.24. The predicted octanol–water partition coefficient (Wildman–Crippen LogP) is 2.36. The van der Waals surface area contributed by atoms with Gasteiger partial charge in [0.2, 0.25) is 5.91 Å². The Bertz CT molecular complexity index is 759. The highest BCUT2D eigenvalue weighted by Gasteiger charge is 2.15. The second-order valence-electron chi connectivity index (χ2n) is 5.62. The average molecular weight is 347 g/mol. The van der Waals surface area contributed by atoms with E-state index in [0.717, 1.165) is 6.42 Å². The van der Waals surface area contributed by atoms with Crippen molar-refractivity contribution >= 4 is 17.6 Å². The number of nitrogens with one attached hydrogen (secondary N) is 3. The van der Waals surface area contributed by atoms with Crippen LogP contribution in [0.15, 0.2) is 30.6 Å². The van der Waals surface area contributed by atoms with Crippen molar-refractivity contribution in [2.24, 2.45) is 0 Å². The summed E-state index contributed by atoms with van der Waals surface area (Å²) in [5.41, 5.74) is 0.631. The molecule has 1 atom stereocenters. The summed E-state index contributed by atoms with van der Waals surface area (Å²) >= 11 is 0. The largest absolute Gasteiger partial charge is 0.354 e. The van der Waals surface area contributed by atoms with Gasteiger partial charge < -0.3 is 20.5 Å². The summed E-state index contributed by atoms with van der Waals surface area (Å²) in [5, 5.41) is 7.71. The van der Waals surface area contributed by atoms with E-state index < -0.39 is 17.9 Å². The van der Waals surface area contributed by atoms with Crippen molar-refractivity contribution in [1.82, 2.24) is 20.2 Å². The highest BCUT2D eigenvalue weighted by Crippen LogP contribution is 2.19. The van der Waals surface area contributed by atoms with E-state index in [1.54, 1.807) is 42.9 Å². The molecule has 0 saturated heterocycles. The Balaban J connectivity index is 1.99. The third-order valence-corrected chi connectivity index (χ3v) is 3.58. The second kappa shape index (κ2) is 8.27. The maximum absolute atomic E-state index is 14.3. The molecule has 1 heterocycles. The Kier molecular flexibility index (Phi) is 6.10. The number of rotatable bonds is 6. The molecule has 0 aliphatic carbocycles. The topological polar surface area (TPSA) is 88.0 Å². The summed E-state index contributed by atoms with van der Waals surface area (Å²) in [6.07, 6.45) is 4.05. The van der Waals surface area contributed by atoms with Gasteiger partial charge in [-0.15, -0.1) is 0 Å². The van der Waals surface area contributed by atoms with Gasteiger partial charge in [0, 0.05) is 24.6 Å². The SMILES string of the molecule is CCCNC(=O)[C@@H](C)NC(=O)Nc1ccc(-n2ccnc2C)c(F)c1. The third kappa shape index (κ3) is 4.79. The van der Waals surface area contributed by atoms with Crippen molar-refractivity contribution in [3.8, 4) is 5.69 Å². The molecule has 2 aromatic rings. The number of anilines is 1. The normalized spacial score (nSPS) is 11.7. The van der Waals surface area contributed by atoms with E-state index in [9.17, 15) is 14.0 Å². The van der Waals surface area contributed by atoms with Crippen LogP contribution in [0.2, 0.25) is 0 Å². The van der Waals surface area contributed by atoms with E-state index in [-0.39, 0.29) is 11.6 Å². The molecular formula is C17H22FN5O2. The molecule has 0 radical (unpaired) electrons. The van der Waals surface area contributed by atoms with Gasteiger partial charge in [-0.2, -0.15) is 0 Å². The van der Waals surface area contributed by atoms with E-state index in [1.807, 2.05) is 6.92 Å². The van der Waals surface area contributed by atoms with Crippen LogP contribution in [-0.4, -0.2) is 34.1 Å². The van der Waals surface area contributed by atoms with Gasteiger partial charge in [-0.25, -0.2) is 14.2 Å². The first-order valence-corrected chi connectivity index (χ1v) is 8.07. The van der Waals surface area contributed by atoms with Crippen LogP contribution in [0.1, 0.15) is 26.1 Å². The molecule has 0 aliphatic rings. The van der Waals surface area contributed by atoms with Crippen molar-refractivity contribution in [3.05, 3.63) is 42.2 Å². The standard InChI is InChI=1S/C17H22FN5O2/c1-4-7-20-16(24)11(2)21-17(25)22-13-5-6-15(14(18)10-13)23-9-8-19-12(23)3/h5-6,8-11H,4,7H2,1-3H3,(H,20,24)(H2,21,22,25)/t11-/m1/s1. The van der Waals surface area contributed by atoms with E-state index in [0.29, 0.717) is 18.1 Å². The first kappa shape index (κ1) is 18.4. The Morgan fingerprint density at radius 1 is 1.36 bits per heavy atom. The van der Waals surface area contributed by atoms with Gasteiger partial charge in [0.05, 0.1) is 5.69 Å². The van der Waals surface area contributed by atoms with Crippen molar-refractivity contribution in [1.29, 1.82) is 0 Å². The van der Waals surface area contributed by atoms with E-state index in [2.05, 4.69) is 20.9 Å². The van der Waals surface area contributed by atoms with Crippen LogP contribution in [0, 0.1) is 12.7 Å². The molecule has 0 saturated carbocycles. The van der Waals surface area contributed by atoms with Gasteiger partial charge in [-0.1, -0.05) is 6.92 Å². The number of halogens is 1. The number of hydrogen-bond donors (Lipinski definition) is 3. The van der Waals surface area contributed by atoms with Crippen LogP contribution < -0.4 is 16.0 Å². The van der Waals surface area contributed by atoms with Crippen LogP contribution in [0.4, 0.5) is 14.9 Å². The Morgan fingerprint density at radius 2 is 2.12 bits per heavy atom. The molecule has 25 heavy (non-hydrogen) atoms. The Labute approximate surface area is 145 Å². The summed E-state index contributed by atoms with van der Waals surface area (Å²) in [5.74, 6) is -0.106. The lowest BCUT2D eigenvalue weighted by molar-refractivity contribution is -0.122. The van der Waals surface area contributed by atoms with Crippen LogP contribution >= 0.6 is 0 Å². The van der Waals surface area contributed by atoms with Gasteiger partial charge >= 0.3 is 6.03 Å². The number of imidazole rings is 1. The average Bonchev–Trinajstić information content (AvgIpc) is 2.98. The zero-order valence-corrected chi connectivity index (χ0v) is 14.5. The molecule has 0 fully saturated rings. The minimum absolute atomic E-state index is 0.269. The zero-order chi connectivity index (χ0) is 18.4. The maximum Gasteiger partial charge on any atom is 0.319 e. The predicted molar refractivity (Wildman–Crippen MR) is 93.2 cm³/mol. The number of aromatic nitrogens is 2. The lowest BCUT2D eigenvalue weighted by Crippen LogP contribution is -2.46.